The molecule has 0 spiro atoms. The van der Waals surface area contributed by atoms with E-state index in [1.807, 2.05) is 0 Å². The molecule has 2 bridgehead atoms. The van der Waals surface area contributed by atoms with Gasteiger partial charge in [-0.15, -0.1) is 10.2 Å². The average Bonchev–Trinajstić information content (AvgIpc) is 3.32. The van der Waals surface area contributed by atoms with Crippen LogP contribution in [0.5, 0.6) is 5.88 Å². The number of hydrogen-bond acceptors (Lipinski definition) is 10. The standard InChI is InChI=1S/C18H17N3O8/c1-8(22)27-17(28-9(2)23)18-7-6-10(29-18)13-14(18)16(25)21(15(13)24)11-4-5-12(26-3)20-19-11/h4-7,10,13-14,17H,1-3H3/t10-,13+,14+,18-/m1/s1. The van der Waals surface area contributed by atoms with Crippen molar-refractivity contribution in [2.45, 2.75) is 31.8 Å². The molecule has 3 aliphatic rings. The van der Waals surface area contributed by atoms with Crippen molar-refractivity contribution in [2.24, 2.45) is 11.8 Å². The lowest BCUT2D eigenvalue weighted by Gasteiger charge is -2.34. The molecular formula is C18H17N3O8. The Kier molecular flexibility index (Phi) is 4.34. The fraction of sp³-hybridized carbons (Fsp3) is 0.444. The third-order valence-corrected chi connectivity index (χ3v) is 5.06. The van der Waals surface area contributed by atoms with Gasteiger partial charge in [0.1, 0.15) is 0 Å². The molecule has 2 amide bonds. The van der Waals surface area contributed by atoms with Crippen LogP contribution in [0.4, 0.5) is 5.82 Å². The number of amides is 2. The molecule has 0 unspecified atom stereocenters. The number of fused-ring (bicyclic) bond motifs is 5. The highest BCUT2D eigenvalue weighted by molar-refractivity contribution is 6.22. The van der Waals surface area contributed by atoms with Crippen molar-refractivity contribution in [3.8, 4) is 5.88 Å². The van der Waals surface area contributed by atoms with E-state index in [1.165, 1.54) is 25.3 Å². The topological polar surface area (TPSA) is 134 Å². The van der Waals surface area contributed by atoms with Crippen molar-refractivity contribution >= 4 is 29.6 Å². The Labute approximate surface area is 164 Å². The first-order valence-corrected chi connectivity index (χ1v) is 8.75. The lowest BCUT2D eigenvalue weighted by molar-refractivity contribution is -0.226. The van der Waals surface area contributed by atoms with Gasteiger partial charge < -0.3 is 18.9 Å². The van der Waals surface area contributed by atoms with Gasteiger partial charge in [0.15, 0.2) is 11.4 Å². The number of aromatic nitrogens is 2. The summed E-state index contributed by atoms with van der Waals surface area (Å²) in [5, 5.41) is 7.66. The molecule has 152 valence electrons. The van der Waals surface area contributed by atoms with Crippen LogP contribution in [0, 0.1) is 11.8 Å². The van der Waals surface area contributed by atoms with Crippen LogP contribution in [0.3, 0.4) is 0 Å². The van der Waals surface area contributed by atoms with E-state index < -0.39 is 53.6 Å². The van der Waals surface area contributed by atoms with E-state index in [0.29, 0.717) is 0 Å². The van der Waals surface area contributed by atoms with Crippen molar-refractivity contribution in [1.82, 2.24) is 10.2 Å². The van der Waals surface area contributed by atoms with Gasteiger partial charge in [-0.3, -0.25) is 19.2 Å². The summed E-state index contributed by atoms with van der Waals surface area (Å²) in [6, 6.07) is 2.90. The van der Waals surface area contributed by atoms with Crippen LogP contribution in [0.1, 0.15) is 13.8 Å². The first-order valence-electron chi connectivity index (χ1n) is 8.75. The number of rotatable bonds is 5. The van der Waals surface area contributed by atoms with Gasteiger partial charge in [-0.1, -0.05) is 6.08 Å². The summed E-state index contributed by atoms with van der Waals surface area (Å²) >= 11 is 0. The SMILES string of the molecule is COc1ccc(N2C(=O)[C@@H]3[C@@H](C2=O)[C@@]2(C(OC(C)=O)OC(C)=O)C=C[C@H]3O2)nn1. The molecule has 4 heterocycles. The number of esters is 2. The molecule has 11 heteroatoms. The predicted octanol–water partition coefficient (Wildman–Crippen LogP) is -0.250. The van der Waals surface area contributed by atoms with E-state index in [-0.39, 0.29) is 11.7 Å². The fourth-order valence-electron chi connectivity index (χ4n) is 3.98. The Morgan fingerprint density at radius 2 is 1.83 bits per heavy atom. The van der Waals surface area contributed by atoms with Crippen molar-refractivity contribution in [1.29, 1.82) is 0 Å². The van der Waals surface area contributed by atoms with Crippen LogP contribution in [0.2, 0.25) is 0 Å². The van der Waals surface area contributed by atoms with Crippen LogP contribution in [-0.2, 0) is 33.4 Å². The van der Waals surface area contributed by atoms with Crippen LogP contribution >= 0.6 is 0 Å². The number of carbonyl (C=O) groups is 4. The lowest BCUT2D eigenvalue weighted by atomic mass is 9.76. The highest BCUT2D eigenvalue weighted by atomic mass is 16.7. The molecule has 4 atom stereocenters. The minimum Gasteiger partial charge on any atom is -0.480 e. The number of ether oxygens (including phenoxy) is 4. The van der Waals surface area contributed by atoms with Gasteiger partial charge in [0.2, 0.25) is 17.7 Å². The third-order valence-electron chi connectivity index (χ3n) is 5.06. The molecule has 11 nitrogen and oxygen atoms in total. The minimum atomic E-state index is -1.60. The molecule has 0 saturated carbocycles. The van der Waals surface area contributed by atoms with Gasteiger partial charge in [-0.05, 0) is 12.1 Å². The first kappa shape index (κ1) is 19.0. The fourth-order valence-corrected chi connectivity index (χ4v) is 3.98. The summed E-state index contributed by atoms with van der Waals surface area (Å²) in [5.74, 6) is -4.28. The Morgan fingerprint density at radius 3 is 2.38 bits per heavy atom. The highest BCUT2D eigenvalue weighted by Crippen LogP contribution is 2.54. The summed E-state index contributed by atoms with van der Waals surface area (Å²) in [5.41, 5.74) is -1.60. The number of hydrogen-bond donors (Lipinski definition) is 0. The molecule has 0 aliphatic carbocycles. The Balaban J connectivity index is 1.72. The van der Waals surface area contributed by atoms with E-state index in [0.717, 1.165) is 18.7 Å². The lowest BCUT2D eigenvalue weighted by Crippen LogP contribution is -2.52. The van der Waals surface area contributed by atoms with Gasteiger partial charge in [0, 0.05) is 19.9 Å². The van der Waals surface area contributed by atoms with Crippen molar-refractivity contribution in [3.05, 3.63) is 24.3 Å². The zero-order valence-corrected chi connectivity index (χ0v) is 15.7. The molecule has 0 radical (unpaired) electrons. The minimum absolute atomic E-state index is 0.0290. The highest BCUT2D eigenvalue weighted by Gasteiger charge is 2.72. The average molecular weight is 403 g/mol. The molecule has 1 aromatic heterocycles. The quantitative estimate of drug-likeness (QED) is 0.280. The van der Waals surface area contributed by atoms with Crippen LogP contribution < -0.4 is 9.64 Å². The van der Waals surface area contributed by atoms with Crippen LogP contribution in [-0.4, -0.2) is 59.1 Å². The van der Waals surface area contributed by atoms with Gasteiger partial charge in [0.05, 0.1) is 25.0 Å². The maximum absolute atomic E-state index is 13.2. The number of imide groups is 1. The second kappa shape index (κ2) is 6.62. The number of methoxy groups -OCH3 is 1. The molecule has 3 aliphatic heterocycles. The molecular weight excluding hydrogens is 386 g/mol. The number of anilines is 1. The summed E-state index contributed by atoms with van der Waals surface area (Å²) in [7, 11) is 1.41. The molecule has 29 heavy (non-hydrogen) atoms. The first-order chi connectivity index (χ1) is 13.8. The third kappa shape index (κ3) is 2.77. The zero-order chi connectivity index (χ0) is 20.9. The molecule has 0 N–H and O–H groups in total. The second-order valence-corrected chi connectivity index (χ2v) is 6.80. The van der Waals surface area contributed by atoms with Crippen LogP contribution in [0.25, 0.3) is 0 Å². The largest absolute Gasteiger partial charge is 0.480 e. The molecule has 2 fully saturated rings. The van der Waals surface area contributed by atoms with Gasteiger partial charge >= 0.3 is 11.9 Å². The van der Waals surface area contributed by atoms with Crippen molar-refractivity contribution in [3.63, 3.8) is 0 Å². The normalized spacial score (nSPS) is 29.4. The molecule has 1 aromatic rings. The maximum atomic E-state index is 13.2. The van der Waals surface area contributed by atoms with E-state index in [9.17, 15) is 19.2 Å². The number of nitrogens with zero attached hydrogens (tertiary/aromatic N) is 3. The van der Waals surface area contributed by atoms with Gasteiger partial charge in [0.25, 0.3) is 6.29 Å². The monoisotopic (exact) mass is 403 g/mol. The zero-order valence-electron chi connectivity index (χ0n) is 15.7. The Hall–Kier alpha value is -3.34. The molecule has 0 aromatic carbocycles. The van der Waals surface area contributed by atoms with Gasteiger partial charge in [-0.25, -0.2) is 4.90 Å². The van der Waals surface area contributed by atoms with E-state index in [1.54, 1.807) is 6.08 Å². The summed E-state index contributed by atoms with van der Waals surface area (Å²) in [6.45, 7) is 2.27. The predicted molar refractivity (Wildman–Crippen MR) is 92.1 cm³/mol. The summed E-state index contributed by atoms with van der Waals surface area (Å²) < 4.78 is 21.1. The Morgan fingerprint density at radius 1 is 1.14 bits per heavy atom. The smallest absolute Gasteiger partial charge is 0.305 e. The molecule has 2 saturated heterocycles. The molecule has 4 rings (SSSR count). The van der Waals surface area contributed by atoms with E-state index in [4.69, 9.17) is 18.9 Å². The van der Waals surface area contributed by atoms with Gasteiger partial charge in [-0.2, -0.15) is 0 Å². The number of carbonyl (C=O) groups excluding carboxylic acids is 4. The Bertz CT molecular complexity index is 914. The van der Waals surface area contributed by atoms with Crippen molar-refractivity contribution in [2.75, 3.05) is 12.0 Å². The van der Waals surface area contributed by atoms with Crippen LogP contribution in [0.15, 0.2) is 24.3 Å². The van der Waals surface area contributed by atoms with Crippen molar-refractivity contribution < 1.29 is 38.1 Å². The second-order valence-electron chi connectivity index (χ2n) is 6.80. The van der Waals surface area contributed by atoms with E-state index >= 15 is 0 Å². The van der Waals surface area contributed by atoms with E-state index in [2.05, 4.69) is 10.2 Å². The summed E-state index contributed by atoms with van der Waals surface area (Å²) in [6.07, 6.45) is 0.841. The summed E-state index contributed by atoms with van der Waals surface area (Å²) in [4.78, 5) is 50.3. The maximum Gasteiger partial charge on any atom is 0.305 e.